The summed E-state index contributed by atoms with van der Waals surface area (Å²) in [6.07, 6.45) is 6.11. The van der Waals surface area contributed by atoms with Gasteiger partial charge in [0.05, 0.1) is 5.92 Å². The lowest BCUT2D eigenvalue weighted by Crippen LogP contribution is -2.21. The van der Waals surface area contributed by atoms with Crippen molar-refractivity contribution in [2.75, 3.05) is 0 Å². The molecule has 0 radical (unpaired) electrons. The first kappa shape index (κ1) is 9.17. The predicted molar refractivity (Wildman–Crippen MR) is 46.8 cm³/mol. The minimum absolute atomic E-state index is 0.0931. The van der Waals surface area contributed by atoms with Gasteiger partial charge in [0.25, 0.3) is 0 Å². The van der Waals surface area contributed by atoms with Gasteiger partial charge < -0.3 is 0 Å². The van der Waals surface area contributed by atoms with Crippen LogP contribution in [-0.2, 0) is 9.59 Å². The number of ketones is 2. The summed E-state index contributed by atoms with van der Waals surface area (Å²) in [7, 11) is 0. The summed E-state index contributed by atoms with van der Waals surface area (Å²) in [6, 6.07) is 0. The van der Waals surface area contributed by atoms with Crippen molar-refractivity contribution in [2.24, 2.45) is 5.92 Å². The van der Waals surface area contributed by atoms with Crippen LogP contribution in [0.5, 0.6) is 0 Å². The van der Waals surface area contributed by atoms with Crippen LogP contribution in [-0.4, -0.2) is 11.6 Å². The second kappa shape index (κ2) is 4.19. The summed E-state index contributed by atoms with van der Waals surface area (Å²) in [5.74, 6) is -0.129. The molecule has 0 atom stereocenters. The Morgan fingerprint density at radius 3 is 2.17 bits per heavy atom. The maximum Gasteiger partial charge on any atom is 0.147 e. The van der Waals surface area contributed by atoms with E-state index in [-0.39, 0.29) is 17.5 Å². The van der Waals surface area contributed by atoms with Crippen LogP contribution in [0.3, 0.4) is 0 Å². The maximum absolute atomic E-state index is 11.3. The van der Waals surface area contributed by atoms with Crippen LogP contribution in [0, 0.1) is 5.92 Å². The van der Waals surface area contributed by atoms with Crippen LogP contribution in [0.1, 0.15) is 32.6 Å². The zero-order chi connectivity index (χ0) is 8.97. The molecule has 66 valence electrons. The quantitative estimate of drug-likeness (QED) is 0.463. The molecular formula is C10H14O2. The van der Waals surface area contributed by atoms with E-state index in [2.05, 4.69) is 0 Å². The van der Waals surface area contributed by atoms with Crippen molar-refractivity contribution in [3.05, 3.63) is 12.2 Å². The van der Waals surface area contributed by atoms with Crippen molar-refractivity contribution in [3.63, 3.8) is 0 Å². The molecule has 0 heterocycles. The molecule has 0 saturated carbocycles. The molecular weight excluding hydrogens is 152 g/mol. The Kier molecular flexibility index (Phi) is 3.20. The number of rotatable bonds is 2. The fourth-order valence-electron chi connectivity index (χ4n) is 1.47. The minimum atomic E-state index is -0.315. The van der Waals surface area contributed by atoms with Gasteiger partial charge in [-0.05, 0) is 6.42 Å². The van der Waals surface area contributed by atoms with Crippen molar-refractivity contribution in [1.29, 1.82) is 0 Å². The molecule has 0 spiro atoms. The normalized spacial score (nSPS) is 19.8. The van der Waals surface area contributed by atoms with Gasteiger partial charge in [-0.1, -0.05) is 25.5 Å². The Morgan fingerprint density at radius 1 is 1.25 bits per heavy atom. The summed E-state index contributed by atoms with van der Waals surface area (Å²) < 4.78 is 0. The lowest BCUT2D eigenvalue weighted by atomic mass is 9.93. The highest BCUT2D eigenvalue weighted by molar-refractivity contribution is 6.04. The molecule has 0 aromatic rings. The molecule has 0 aliphatic heterocycles. The molecule has 1 aliphatic rings. The van der Waals surface area contributed by atoms with Crippen molar-refractivity contribution < 1.29 is 9.59 Å². The smallest absolute Gasteiger partial charge is 0.147 e. The summed E-state index contributed by atoms with van der Waals surface area (Å²) in [5.41, 5.74) is 0. The third-order valence-corrected chi connectivity index (χ3v) is 2.16. The summed E-state index contributed by atoms with van der Waals surface area (Å²) in [4.78, 5) is 22.7. The molecule has 0 fully saturated rings. The third-order valence-electron chi connectivity index (χ3n) is 2.16. The van der Waals surface area contributed by atoms with Crippen LogP contribution in [0.15, 0.2) is 12.2 Å². The minimum Gasteiger partial charge on any atom is -0.299 e. The molecule has 0 amide bonds. The van der Waals surface area contributed by atoms with Crippen LogP contribution in [0.2, 0.25) is 0 Å². The van der Waals surface area contributed by atoms with Crippen molar-refractivity contribution >= 4 is 11.6 Å². The van der Waals surface area contributed by atoms with E-state index in [4.69, 9.17) is 0 Å². The van der Waals surface area contributed by atoms with E-state index in [9.17, 15) is 9.59 Å². The molecule has 12 heavy (non-hydrogen) atoms. The molecule has 0 N–H and O–H groups in total. The van der Waals surface area contributed by atoms with E-state index < -0.39 is 0 Å². The number of Topliss-reactive ketones (excluding diaryl/α,β-unsaturated/α-hetero) is 2. The first-order valence-corrected chi connectivity index (χ1v) is 4.46. The van der Waals surface area contributed by atoms with Gasteiger partial charge in [-0.3, -0.25) is 9.59 Å². The van der Waals surface area contributed by atoms with Crippen LogP contribution in [0.4, 0.5) is 0 Å². The number of allylic oxidation sites excluding steroid dienone is 2. The Bertz CT molecular complexity index is 196. The van der Waals surface area contributed by atoms with Crippen LogP contribution in [0.25, 0.3) is 0 Å². The average molecular weight is 166 g/mol. The predicted octanol–water partition coefficient (Wildman–Crippen LogP) is 1.89. The Labute approximate surface area is 72.7 Å². The van der Waals surface area contributed by atoms with Crippen LogP contribution >= 0.6 is 0 Å². The topological polar surface area (TPSA) is 34.1 Å². The summed E-state index contributed by atoms with van der Waals surface area (Å²) in [5, 5.41) is 0. The summed E-state index contributed by atoms with van der Waals surface area (Å²) in [6.45, 7) is 2.00. The van der Waals surface area contributed by atoms with Gasteiger partial charge >= 0.3 is 0 Å². The molecule has 0 bridgehead atoms. The molecule has 0 saturated heterocycles. The second-order valence-electron chi connectivity index (χ2n) is 3.15. The molecule has 2 nitrogen and oxygen atoms in total. The Balaban J connectivity index is 2.67. The zero-order valence-corrected chi connectivity index (χ0v) is 7.38. The zero-order valence-electron chi connectivity index (χ0n) is 7.38. The second-order valence-corrected chi connectivity index (χ2v) is 3.15. The van der Waals surface area contributed by atoms with Gasteiger partial charge in [0.1, 0.15) is 11.6 Å². The van der Waals surface area contributed by atoms with E-state index in [1.165, 1.54) is 0 Å². The fraction of sp³-hybridized carbons (Fsp3) is 0.600. The number of hydrogen-bond acceptors (Lipinski definition) is 2. The molecule has 0 aromatic heterocycles. The van der Waals surface area contributed by atoms with Crippen molar-refractivity contribution in [2.45, 2.75) is 32.6 Å². The lowest BCUT2D eigenvalue weighted by Gasteiger charge is -2.09. The SMILES string of the molecule is CCCC1C(=O)CC=CCC1=O. The number of carbonyl (C=O) groups is 2. The first-order chi connectivity index (χ1) is 5.75. The summed E-state index contributed by atoms with van der Waals surface area (Å²) >= 11 is 0. The van der Waals surface area contributed by atoms with E-state index in [0.29, 0.717) is 12.8 Å². The van der Waals surface area contributed by atoms with E-state index in [1.807, 2.05) is 6.92 Å². The molecule has 0 aromatic carbocycles. The fourth-order valence-corrected chi connectivity index (χ4v) is 1.47. The van der Waals surface area contributed by atoms with Crippen LogP contribution < -0.4 is 0 Å². The Morgan fingerprint density at radius 2 is 1.75 bits per heavy atom. The lowest BCUT2D eigenvalue weighted by molar-refractivity contribution is -0.131. The van der Waals surface area contributed by atoms with E-state index in [1.54, 1.807) is 12.2 Å². The standard InChI is InChI=1S/C10H14O2/c1-2-5-8-9(11)6-3-4-7-10(8)12/h3-4,8H,2,5-7H2,1H3. The Hall–Kier alpha value is -0.920. The highest BCUT2D eigenvalue weighted by atomic mass is 16.1. The van der Waals surface area contributed by atoms with E-state index in [0.717, 1.165) is 12.8 Å². The van der Waals surface area contributed by atoms with Gasteiger partial charge in [0.15, 0.2) is 0 Å². The third kappa shape index (κ3) is 2.03. The monoisotopic (exact) mass is 166 g/mol. The van der Waals surface area contributed by atoms with E-state index >= 15 is 0 Å². The largest absolute Gasteiger partial charge is 0.299 e. The van der Waals surface area contributed by atoms with Gasteiger partial charge in [0, 0.05) is 12.8 Å². The average Bonchev–Trinajstić information content (AvgIpc) is 2.19. The first-order valence-electron chi connectivity index (χ1n) is 4.46. The number of hydrogen-bond donors (Lipinski definition) is 0. The highest BCUT2D eigenvalue weighted by Gasteiger charge is 2.24. The van der Waals surface area contributed by atoms with Gasteiger partial charge in [-0.25, -0.2) is 0 Å². The molecule has 1 rings (SSSR count). The highest BCUT2D eigenvalue weighted by Crippen LogP contribution is 2.16. The molecule has 0 unspecified atom stereocenters. The maximum atomic E-state index is 11.3. The number of carbonyl (C=O) groups excluding carboxylic acids is 2. The van der Waals surface area contributed by atoms with Gasteiger partial charge in [-0.15, -0.1) is 0 Å². The van der Waals surface area contributed by atoms with Crippen molar-refractivity contribution in [1.82, 2.24) is 0 Å². The molecule has 1 aliphatic carbocycles. The molecule has 2 heteroatoms. The van der Waals surface area contributed by atoms with Gasteiger partial charge in [-0.2, -0.15) is 0 Å². The van der Waals surface area contributed by atoms with Crippen molar-refractivity contribution in [3.8, 4) is 0 Å². The van der Waals surface area contributed by atoms with Gasteiger partial charge in [0.2, 0.25) is 0 Å².